The highest BCUT2D eigenvalue weighted by molar-refractivity contribution is 7.71. The van der Waals surface area contributed by atoms with E-state index in [1.165, 1.54) is 0 Å². The van der Waals surface area contributed by atoms with Crippen LogP contribution in [0, 0.1) is 4.64 Å². The largest absolute Gasteiger partial charge is 0.381 e. The number of methoxy groups -OCH3 is 1. The Morgan fingerprint density at radius 2 is 2.33 bits per heavy atom. The molecule has 0 radical (unpaired) electrons. The van der Waals surface area contributed by atoms with Crippen molar-refractivity contribution in [2.75, 3.05) is 20.3 Å². The van der Waals surface area contributed by atoms with Gasteiger partial charge in [0.1, 0.15) is 10.5 Å². The molecule has 1 heterocycles. The Morgan fingerprint density at radius 1 is 1.53 bits per heavy atom. The number of hydrogen-bond acceptors (Lipinski definition) is 4. The summed E-state index contributed by atoms with van der Waals surface area (Å²) >= 11 is 5.05. The lowest BCUT2D eigenvalue weighted by Gasteiger charge is -2.05. The summed E-state index contributed by atoms with van der Waals surface area (Å²) in [5.41, 5.74) is 0.948. The van der Waals surface area contributed by atoms with Crippen LogP contribution in [0.25, 0.3) is 0 Å². The fraction of sp³-hybridized carbons (Fsp3) is 0.600. The van der Waals surface area contributed by atoms with Crippen LogP contribution in [0.3, 0.4) is 0 Å². The van der Waals surface area contributed by atoms with Gasteiger partial charge in [-0.05, 0) is 13.0 Å². The normalized spacial score (nSPS) is 10.5. The van der Waals surface area contributed by atoms with Crippen LogP contribution in [0.4, 0.5) is 0 Å². The molecule has 0 spiro atoms. The molecule has 0 atom stereocenters. The Kier molecular flexibility index (Phi) is 5.45. The van der Waals surface area contributed by atoms with Gasteiger partial charge in [-0.2, -0.15) is 0 Å². The second kappa shape index (κ2) is 6.66. The molecule has 0 fully saturated rings. The van der Waals surface area contributed by atoms with Crippen LogP contribution < -0.4 is 0 Å². The summed E-state index contributed by atoms with van der Waals surface area (Å²) in [7, 11) is 1.65. The van der Waals surface area contributed by atoms with Crippen molar-refractivity contribution < 1.29 is 9.47 Å². The highest BCUT2D eigenvalue weighted by Gasteiger charge is 1.99. The standard InChI is InChI=1S/C10H16N2O2S/c1-3-14-5-4-9-11-8(7-13-2)6-10(15)12-9/h6H,3-5,7H2,1-2H3,(H,11,12,15). The molecule has 0 saturated heterocycles. The number of nitrogens with one attached hydrogen (secondary N) is 1. The average molecular weight is 228 g/mol. The number of hydrogen-bond donors (Lipinski definition) is 1. The molecule has 0 aromatic carbocycles. The van der Waals surface area contributed by atoms with Crippen LogP contribution in [-0.2, 0) is 22.5 Å². The van der Waals surface area contributed by atoms with Crippen LogP contribution in [0.1, 0.15) is 18.4 Å². The van der Waals surface area contributed by atoms with Crippen LogP contribution in [0.2, 0.25) is 0 Å². The highest BCUT2D eigenvalue weighted by Crippen LogP contribution is 2.00. The highest BCUT2D eigenvalue weighted by atomic mass is 32.1. The Balaban J connectivity index is 2.66. The van der Waals surface area contributed by atoms with Crippen LogP contribution in [-0.4, -0.2) is 30.3 Å². The fourth-order valence-corrected chi connectivity index (χ4v) is 1.48. The molecule has 0 aliphatic rings. The van der Waals surface area contributed by atoms with Crippen molar-refractivity contribution in [1.82, 2.24) is 9.97 Å². The lowest BCUT2D eigenvalue weighted by Crippen LogP contribution is -2.05. The predicted molar refractivity (Wildman–Crippen MR) is 60.3 cm³/mol. The quantitative estimate of drug-likeness (QED) is 0.596. The van der Waals surface area contributed by atoms with E-state index in [1.807, 2.05) is 13.0 Å². The van der Waals surface area contributed by atoms with Crippen molar-refractivity contribution in [1.29, 1.82) is 0 Å². The molecule has 5 heteroatoms. The molecule has 0 bridgehead atoms. The number of H-pyrrole nitrogens is 1. The summed E-state index contributed by atoms with van der Waals surface area (Å²) < 4.78 is 10.9. The van der Waals surface area contributed by atoms with Gasteiger partial charge in [0.05, 0.1) is 13.2 Å². The monoisotopic (exact) mass is 228 g/mol. The summed E-state index contributed by atoms with van der Waals surface area (Å²) in [5, 5.41) is 0. The molecule has 15 heavy (non-hydrogen) atoms. The van der Waals surface area contributed by atoms with Gasteiger partial charge in [-0.3, -0.25) is 0 Å². The molecule has 0 aliphatic heterocycles. The summed E-state index contributed by atoms with van der Waals surface area (Å²) in [6.45, 7) is 3.87. The third-order valence-electron chi connectivity index (χ3n) is 1.83. The Bertz CT molecular complexity index is 352. The van der Waals surface area contributed by atoms with E-state index in [4.69, 9.17) is 21.7 Å². The van der Waals surface area contributed by atoms with E-state index >= 15 is 0 Å². The van der Waals surface area contributed by atoms with Gasteiger partial charge in [0, 0.05) is 25.8 Å². The van der Waals surface area contributed by atoms with Crippen molar-refractivity contribution >= 4 is 12.2 Å². The molecule has 1 N–H and O–H groups in total. The van der Waals surface area contributed by atoms with E-state index in [0.29, 0.717) is 17.9 Å². The lowest BCUT2D eigenvalue weighted by atomic mass is 10.3. The first-order valence-electron chi connectivity index (χ1n) is 4.92. The molecule has 84 valence electrons. The zero-order chi connectivity index (χ0) is 11.1. The SMILES string of the molecule is CCOCCc1nc(=S)cc(COC)[nH]1. The molecular formula is C10H16N2O2S. The number of aromatic nitrogens is 2. The zero-order valence-corrected chi connectivity index (χ0v) is 9.89. The first kappa shape index (κ1) is 12.3. The van der Waals surface area contributed by atoms with Crippen LogP contribution in [0.15, 0.2) is 6.07 Å². The average Bonchev–Trinajstić information content (AvgIpc) is 2.18. The Morgan fingerprint density at radius 3 is 3.00 bits per heavy atom. The van der Waals surface area contributed by atoms with E-state index in [0.717, 1.165) is 24.5 Å². The number of rotatable bonds is 6. The number of aromatic amines is 1. The molecule has 0 aliphatic carbocycles. The molecule has 0 saturated carbocycles. The second-order valence-electron chi connectivity index (χ2n) is 3.07. The number of nitrogens with zero attached hydrogens (tertiary/aromatic N) is 1. The minimum Gasteiger partial charge on any atom is -0.381 e. The number of ether oxygens (including phenoxy) is 2. The van der Waals surface area contributed by atoms with Crippen molar-refractivity contribution in [3.05, 3.63) is 22.2 Å². The first-order chi connectivity index (χ1) is 7.26. The van der Waals surface area contributed by atoms with Crippen molar-refractivity contribution in [3.8, 4) is 0 Å². The molecule has 4 nitrogen and oxygen atoms in total. The van der Waals surface area contributed by atoms with Gasteiger partial charge in [-0.25, -0.2) is 4.98 Å². The van der Waals surface area contributed by atoms with E-state index < -0.39 is 0 Å². The van der Waals surface area contributed by atoms with Crippen molar-refractivity contribution in [2.24, 2.45) is 0 Å². The third kappa shape index (κ3) is 4.51. The smallest absolute Gasteiger partial charge is 0.130 e. The summed E-state index contributed by atoms with van der Waals surface area (Å²) in [6, 6.07) is 1.81. The van der Waals surface area contributed by atoms with Crippen molar-refractivity contribution in [2.45, 2.75) is 20.0 Å². The Labute approximate surface area is 94.6 Å². The Hall–Kier alpha value is -0.780. The summed E-state index contributed by atoms with van der Waals surface area (Å²) in [6.07, 6.45) is 0.745. The van der Waals surface area contributed by atoms with Gasteiger partial charge in [0.2, 0.25) is 0 Å². The maximum absolute atomic E-state index is 5.25. The summed E-state index contributed by atoms with van der Waals surface area (Å²) in [4.78, 5) is 7.37. The molecule has 0 unspecified atom stereocenters. The molecule has 1 rings (SSSR count). The maximum Gasteiger partial charge on any atom is 0.130 e. The van der Waals surface area contributed by atoms with Gasteiger partial charge in [-0.15, -0.1) is 0 Å². The third-order valence-corrected chi connectivity index (χ3v) is 2.04. The minimum atomic E-state index is 0.522. The second-order valence-corrected chi connectivity index (χ2v) is 3.49. The molecule has 1 aromatic heterocycles. The van der Waals surface area contributed by atoms with E-state index in [9.17, 15) is 0 Å². The zero-order valence-electron chi connectivity index (χ0n) is 9.08. The topological polar surface area (TPSA) is 47.1 Å². The molecular weight excluding hydrogens is 212 g/mol. The van der Waals surface area contributed by atoms with Gasteiger partial charge in [0.15, 0.2) is 0 Å². The van der Waals surface area contributed by atoms with Crippen molar-refractivity contribution in [3.63, 3.8) is 0 Å². The van der Waals surface area contributed by atoms with Gasteiger partial charge < -0.3 is 14.5 Å². The van der Waals surface area contributed by atoms with E-state index in [2.05, 4.69) is 9.97 Å². The molecule has 0 amide bonds. The minimum absolute atomic E-state index is 0.522. The lowest BCUT2D eigenvalue weighted by molar-refractivity contribution is 0.149. The predicted octanol–water partition coefficient (Wildman–Crippen LogP) is 1.86. The summed E-state index contributed by atoms with van der Waals surface area (Å²) in [5.74, 6) is 0.850. The fourth-order valence-electron chi connectivity index (χ4n) is 1.23. The van der Waals surface area contributed by atoms with E-state index in [1.54, 1.807) is 7.11 Å². The molecule has 1 aromatic rings. The van der Waals surface area contributed by atoms with E-state index in [-0.39, 0.29) is 0 Å². The maximum atomic E-state index is 5.25. The van der Waals surface area contributed by atoms with Crippen LogP contribution >= 0.6 is 12.2 Å². The van der Waals surface area contributed by atoms with Gasteiger partial charge in [0.25, 0.3) is 0 Å². The van der Waals surface area contributed by atoms with Gasteiger partial charge >= 0.3 is 0 Å². The van der Waals surface area contributed by atoms with Crippen LogP contribution in [0.5, 0.6) is 0 Å². The first-order valence-corrected chi connectivity index (χ1v) is 5.33. The van der Waals surface area contributed by atoms with Gasteiger partial charge in [-0.1, -0.05) is 12.2 Å².